The molecule has 2 heterocycles. The molecule has 6 N–H and O–H groups in total. The van der Waals surface area contributed by atoms with Gasteiger partial charge in [0.2, 0.25) is 5.43 Å². The Bertz CT molecular complexity index is 1340. The highest BCUT2D eigenvalue weighted by molar-refractivity contribution is 7.72. The molecule has 0 amide bonds. The molecule has 4 rings (SSSR count). The Kier molecular flexibility index (Phi) is 6.95. The molecule has 0 atom stereocenters. The van der Waals surface area contributed by atoms with Crippen molar-refractivity contribution in [1.82, 2.24) is 9.47 Å². The van der Waals surface area contributed by atoms with Crippen LogP contribution in [0.5, 0.6) is 0 Å². The van der Waals surface area contributed by atoms with Crippen LogP contribution in [0.3, 0.4) is 0 Å². The van der Waals surface area contributed by atoms with E-state index in [2.05, 4.69) is 0 Å². The number of rotatable bonds is 8. The number of hydrogen-bond acceptors (Lipinski definition) is 7. The molecule has 1 saturated carbocycles. The van der Waals surface area contributed by atoms with E-state index in [0.29, 0.717) is 5.52 Å². The monoisotopic (exact) mass is 549 g/mol. The van der Waals surface area contributed by atoms with Crippen LogP contribution in [0.2, 0.25) is 0 Å². The topological polar surface area (TPSA) is 201 Å². The van der Waals surface area contributed by atoms with Crippen molar-refractivity contribution in [1.29, 1.82) is 0 Å². The minimum absolute atomic E-state index is 0.0168. The Morgan fingerprint density at radius 1 is 1.06 bits per heavy atom. The number of carbonyl (C=O) groups is 1. The molecular weight excluding hydrogens is 523 g/mol. The molecule has 2 aliphatic rings. The van der Waals surface area contributed by atoms with Crippen molar-refractivity contribution in [3.05, 3.63) is 39.9 Å². The summed E-state index contributed by atoms with van der Waals surface area (Å²) in [6.07, 6.45) is 2.02. The fourth-order valence-electron chi connectivity index (χ4n) is 4.39. The van der Waals surface area contributed by atoms with Crippen LogP contribution in [0, 0.1) is 5.82 Å². The number of pyridine rings is 1. The van der Waals surface area contributed by atoms with Crippen LogP contribution in [0.15, 0.2) is 23.1 Å². The van der Waals surface area contributed by atoms with Gasteiger partial charge in [0.1, 0.15) is 11.4 Å². The van der Waals surface area contributed by atoms with Gasteiger partial charge in [0.05, 0.1) is 11.2 Å². The molecule has 16 heteroatoms. The van der Waals surface area contributed by atoms with Crippen LogP contribution in [0.4, 0.5) is 10.1 Å². The highest BCUT2D eigenvalue weighted by atomic mass is 31.2. The normalized spacial score (nSPS) is 18.1. The smallest absolute Gasteiger partial charge is 0.369 e. The van der Waals surface area contributed by atoms with Crippen LogP contribution in [0.25, 0.3) is 10.9 Å². The lowest BCUT2D eigenvalue weighted by Crippen LogP contribution is -2.48. The summed E-state index contributed by atoms with van der Waals surface area (Å²) in [4.78, 5) is 64.6. The van der Waals surface area contributed by atoms with Gasteiger partial charge in [-0.05, 0) is 25.0 Å². The van der Waals surface area contributed by atoms with E-state index < -0.39 is 49.5 Å². The molecule has 2 fully saturated rings. The lowest BCUT2D eigenvalue weighted by Gasteiger charge is -2.38. The zero-order chi connectivity index (χ0) is 26.6. The second-order valence-corrected chi connectivity index (χ2v) is 13.1. The number of piperazine rings is 1. The van der Waals surface area contributed by atoms with Crippen LogP contribution >= 0.6 is 15.2 Å². The number of carboxylic acid groups (broad SMARTS) is 1. The van der Waals surface area contributed by atoms with Gasteiger partial charge in [-0.15, -0.1) is 0 Å². The van der Waals surface area contributed by atoms with Crippen molar-refractivity contribution in [2.24, 2.45) is 0 Å². The van der Waals surface area contributed by atoms with Gasteiger partial charge in [-0.1, -0.05) is 0 Å². The summed E-state index contributed by atoms with van der Waals surface area (Å²) in [5.74, 6) is -2.10. The number of anilines is 1. The lowest BCUT2D eigenvalue weighted by atomic mass is 10.1. The first-order valence-corrected chi connectivity index (χ1v) is 14.3. The van der Waals surface area contributed by atoms with E-state index >= 15 is 4.39 Å². The third kappa shape index (κ3) is 4.88. The highest BCUT2D eigenvalue weighted by Crippen LogP contribution is 2.68. The first kappa shape index (κ1) is 26.9. The van der Waals surface area contributed by atoms with Gasteiger partial charge < -0.3 is 39.3 Å². The van der Waals surface area contributed by atoms with Crippen LogP contribution in [-0.2, 0) is 9.13 Å². The molecule has 1 aliphatic heterocycles. The Labute approximate surface area is 203 Å². The second kappa shape index (κ2) is 9.30. The minimum Gasteiger partial charge on any atom is -0.477 e. The second-order valence-electron chi connectivity index (χ2n) is 9.08. The van der Waals surface area contributed by atoms with Crippen LogP contribution in [-0.4, -0.2) is 83.0 Å². The van der Waals surface area contributed by atoms with E-state index in [0.717, 1.165) is 18.9 Å². The number of aromatic carboxylic acids is 1. The highest BCUT2D eigenvalue weighted by Gasteiger charge is 2.59. The van der Waals surface area contributed by atoms with Gasteiger partial charge in [0.25, 0.3) is 5.08 Å². The van der Waals surface area contributed by atoms with Gasteiger partial charge >= 0.3 is 21.2 Å². The maximum absolute atomic E-state index is 15.1. The number of fused-ring (bicyclic) bond motifs is 1. The fraction of sp³-hybridized carbons (Fsp3) is 0.500. The van der Waals surface area contributed by atoms with Gasteiger partial charge in [0, 0.05) is 56.8 Å². The molecule has 1 aromatic carbocycles. The number of carboxylic acids is 1. The van der Waals surface area contributed by atoms with E-state index in [1.165, 1.54) is 12.3 Å². The zero-order valence-corrected chi connectivity index (χ0v) is 20.7. The molecule has 36 heavy (non-hydrogen) atoms. The summed E-state index contributed by atoms with van der Waals surface area (Å²) < 4.78 is 39.8. The first-order chi connectivity index (χ1) is 16.6. The number of aromatic nitrogens is 1. The van der Waals surface area contributed by atoms with Gasteiger partial charge in [-0.2, -0.15) is 0 Å². The quantitative estimate of drug-likeness (QED) is 0.252. The van der Waals surface area contributed by atoms with E-state index in [1.807, 2.05) is 0 Å². The van der Waals surface area contributed by atoms with E-state index in [1.54, 1.807) is 14.4 Å². The summed E-state index contributed by atoms with van der Waals surface area (Å²) in [7, 11) is -11.1. The van der Waals surface area contributed by atoms with E-state index in [-0.39, 0.29) is 49.8 Å². The summed E-state index contributed by atoms with van der Waals surface area (Å²) in [5, 5.41) is 15.9. The molecule has 1 saturated heterocycles. The van der Waals surface area contributed by atoms with Crippen molar-refractivity contribution in [2.45, 2.75) is 30.4 Å². The Hall–Kier alpha value is -2.15. The number of halogens is 1. The molecule has 1 aliphatic carbocycles. The average molecular weight is 549 g/mol. The van der Waals surface area contributed by atoms with Crippen LogP contribution in [0.1, 0.15) is 35.7 Å². The predicted molar refractivity (Wildman–Crippen MR) is 126 cm³/mol. The lowest BCUT2D eigenvalue weighted by molar-refractivity contribution is 0.0694. The van der Waals surface area contributed by atoms with Gasteiger partial charge in [-0.3, -0.25) is 18.8 Å². The molecule has 0 spiro atoms. The third-order valence-electron chi connectivity index (χ3n) is 6.68. The maximum atomic E-state index is 15.1. The zero-order valence-electron chi connectivity index (χ0n) is 18.9. The van der Waals surface area contributed by atoms with Crippen molar-refractivity contribution >= 4 is 37.8 Å². The summed E-state index contributed by atoms with van der Waals surface area (Å²) >= 11 is 0. The average Bonchev–Trinajstić information content (AvgIpc) is 3.61. The molecule has 2 aromatic rings. The fourth-order valence-corrected chi connectivity index (χ4v) is 6.53. The molecule has 1 aromatic heterocycles. The molecule has 0 bridgehead atoms. The number of nitrogens with zero attached hydrogens (tertiary/aromatic N) is 3. The Morgan fingerprint density at radius 2 is 1.64 bits per heavy atom. The van der Waals surface area contributed by atoms with Crippen LogP contribution < -0.4 is 10.3 Å². The predicted octanol–water partition coefficient (Wildman–Crippen LogP) is 0.687. The molecular formula is C20H26FN3O10P2. The number of aliphatic hydroxyl groups is 1. The minimum atomic E-state index is -5.55. The molecule has 0 radical (unpaired) electrons. The Balaban J connectivity index is 1.54. The van der Waals surface area contributed by atoms with Crippen molar-refractivity contribution in [3.63, 3.8) is 0 Å². The van der Waals surface area contributed by atoms with Crippen molar-refractivity contribution in [3.8, 4) is 0 Å². The summed E-state index contributed by atoms with van der Waals surface area (Å²) in [5.41, 5.74) is -0.589. The molecule has 13 nitrogen and oxygen atoms in total. The Morgan fingerprint density at radius 3 is 2.14 bits per heavy atom. The third-order valence-corrected chi connectivity index (χ3v) is 10.6. The van der Waals surface area contributed by atoms with Crippen molar-refractivity contribution < 1.29 is 48.1 Å². The van der Waals surface area contributed by atoms with Gasteiger partial charge in [0.15, 0.2) is 0 Å². The largest absolute Gasteiger partial charge is 0.477 e. The van der Waals surface area contributed by atoms with Gasteiger partial charge in [-0.25, -0.2) is 9.18 Å². The molecule has 0 unspecified atom stereocenters. The number of hydrogen-bond donors (Lipinski definition) is 6. The molecule has 198 valence electrons. The maximum Gasteiger partial charge on any atom is 0.369 e. The van der Waals surface area contributed by atoms with E-state index in [4.69, 9.17) is 0 Å². The first-order valence-electron chi connectivity index (χ1n) is 11.1. The SMILES string of the molecule is O=C(O)c1cn(C2CC2)c2cc(N3CCN(CCC(O)(P(=O)(O)O)P(=O)(O)O)CC3)c(F)cc2c1=O. The number of benzene rings is 1. The standard InChI is InChI=1S/C20H26FN3O10P2/c21-15-9-13-16(24(12-1-2-12)11-14(18(13)25)19(26)27)10-17(15)23-7-5-22(6-8-23)4-3-20(28,35(29,30)31)36(32,33)34/h9-12,28H,1-8H2,(H,26,27)(H2,29,30,31)(H2,32,33,34). The summed E-state index contributed by atoms with van der Waals surface area (Å²) in [6, 6.07) is 2.56. The van der Waals surface area contributed by atoms with E-state index in [9.17, 15) is 48.5 Å². The van der Waals surface area contributed by atoms with Crippen molar-refractivity contribution in [2.75, 3.05) is 37.6 Å². The summed E-state index contributed by atoms with van der Waals surface area (Å²) in [6.45, 7) is 0.744.